The molecule has 0 radical (unpaired) electrons. The summed E-state index contributed by atoms with van der Waals surface area (Å²) < 4.78 is 5.53. The highest BCUT2D eigenvalue weighted by molar-refractivity contribution is 5.77. The first-order valence-corrected chi connectivity index (χ1v) is 6.20. The summed E-state index contributed by atoms with van der Waals surface area (Å²) in [6, 6.07) is 5.93. The number of anilines is 2. The Hall–Kier alpha value is -1.75. The molecule has 0 fully saturated rings. The second-order valence-electron chi connectivity index (χ2n) is 4.60. The lowest BCUT2D eigenvalue weighted by Gasteiger charge is -2.06. The number of aliphatic hydroxyl groups is 1. The molecule has 98 valence electrons. The molecule has 0 aliphatic heterocycles. The van der Waals surface area contributed by atoms with Gasteiger partial charge in [0.05, 0.1) is 0 Å². The van der Waals surface area contributed by atoms with E-state index in [0.29, 0.717) is 23.2 Å². The Kier molecular flexibility index (Phi) is 4.04. The Morgan fingerprint density at radius 3 is 3.11 bits per heavy atom. The van der Waals surface area contributed by atoms with Crippen LogP contribution in [0.25, 0.3) is 11.1 Å². The first-order chi connectivity index (χ1) is 8.69. The Labute approximate surface area is 106 Å². The van der Waals surface area contributed by atoms with E-state index in [9.17, 15) is 0 Å². The molecule has 5 nitrogen and oxygen atoms in total. The molecule has 0 bridgehead atoms. The number of hydrogen-bond donors (Lipinski definition) is 3. The van der Waals surface area contributed by atoms with E-state index < -0.39 is 0 Å². The van der Waals surface area contributed by atoms with E-state index >= 15 is 0 Å². The molecule has 0 amide bonds. The van der Waals surface area contributed by atoms with Crippen molar-refractivity contribution in [2.45, 2.75) is 19.8 Å². The predicted molar refractivity (Wildman–Crippen MR) is 72.4 cm³/mol. The molecule has 4 N–H and O–H groups in total. The molecule has 0 saturated carbocycles. The van der Waals surface area contributed by atoms with E-state index in [-0.39, 0.29) is 6.61 Å². The largest absolute Gasteiger partial charge is 0.423 e. The Morgan fingerprint density at radius 1 is 1.50 bits per heavy atom. The maximum absolute atomic E-state index is 8.91. The van der Waals surface area contributed by atoms with E-state index in [1.54, 1.807) is 12.1 Å². The minimum absolute atomic E-state index is 0.238. The second kappa shape index (κ2) is 5.73. The van der Waals surface area contributed by atoms with Crippen LogP contribution in [0.4, 0.5) is 11.7 Å². The van der Waals surface area contributed by atoms with Gasteiger partial charge in [-0.15, -0.1) is 0 Å². The number of oxazole rings is 1. The number of benzene rings is 1. The third-order valence-corrected chi connectivity index (χ3v) is 2.87. The summed E-state index contributed by atoms with van der Waals surface area (Å²) in [6.07, 6.45) is 1.96. The van der Waals surface area contributed by atoms with Crippen molar-refractivity contribution in [2.24, 2.45) is 5.92 Å². The highest BCUT2D eigenvalue weighted by atomic mass is 16.4. The predicted octanol–water partition coefficient (Wildman–Crippen LogP) is 2.23. The van der Waals surface area contributed by atoms with Gasteiger partial charge in [-0.2, -0.15) is 4.98 Å². The Balaban J connectivity index is 1.88. The van der Waals surface area contributed by atoms with Gasteiger partial charge in [0.1, 0.15) is 5.52 Å². The first-order valence-electron chi connectivity index (χ1n) is 6.20. The molecule has 0 saturated heterocycles. The molecule has 2 aromatic rings. The second-order valence-corrected chi connectivity index (χ2v) is 4.60. The summed E-state index contributed by atoms with van der Waals surface area (Å²) in [7, 11) is 0. The number of fused-ring (bicyclic) bond motifs is 1. The molecule has 1 aromatic carbocycles. The van der Waals surface area contributed by atoms with Crippen molar-refractivity contribution < 1.29 is 9.52 Å². The lowest BCUT2D eigenvalue weighted by Crippen LogP contribution is -2.06. The van der Waals surface area contributed by atoms with Crippen molar-refractivity contribution in [3.05, 3.63) is 18.2 Å². The van der Waals surface area contributed by atoms with Gasteiger partial charge >= 0.3 is 0 Å². The van der Waals surface area contributed by atoms with E-state index in [1.807, 2.05) is 13.0 Å². The quantitative estimate of drug-likeness (QED) is 0.540. The zero-order chi connectivity index (χ0) is 13.0. The highest BCUT2D eigenvalue weighted by Crippen LogP contribution is 2.21. The van der Waals surface area contributed by atoms with Crippen molar-refractivity contribution in [1.29, 1.82) is 0 Å². The number of nitrogens with one attached hydrogen (secondary N) is 1. The van der Waals surface area contributed by atoms with Gasteiger partial charge in [-0.25, -0.2) is 0 Å². The summed E-state index contributed by atoms with van der Waals surface area (Å²) in [5.74, 6) is 0.343. The normalized spacial score (nSPS) is 12.8. The Morgan fingerprint density at radius 2 is 2.33 bits per heavy atom. The summed E-state index contributed by atoms with van der Waals surface area (Å²) in [6.45, 7) is 3.05. The van der Waals surface area contributed by atoms with Crippen LogP contribution < -0.4 is 11.1 Å². The van der Waals surface area contributed by atoms with Crippen LogP contribution in [0.5, 0.6) is 0 Å². The number of nitrogens with two attached hydrogens (primary N) is 1. The van der Waals surface area contributed by atoms with E-state index in [4.69, 9.17) is 15.3 Å². The van der Waals surface area contributed by atoms with Gasteiger partial charge in [0, 0.05) is 24.9 Å². The van der Waals surface area contributed by atoms with Crippen LogP contribution in [-0.4, -0.2) is 23.2 Å². The van der Waals surface area contributed by atoms with E-state index in [0.717, 1.165) is 24.9 Å². The van der Waals surface area contributed by atoms with E-state index in [1.165, 1.54) is 0 Å². The monoisotopic (exact) mass is 249 g/mol. The lowest BCUT2D eigenvalue weighted by molar-refractivity contribution is 0.229. The molecular formula is C13H19N3O2. The molecule has 18 heavy (non-hydrogen) atoms. The number of nitrogen functional groups attached to an aromatic ring is 1. The molecule has 1 aromatic heterocycles. The van der Waals surface area contributed by atoms with Crippen LogP contribution in [0, 0.1) is 5.92 Å². The standard InChI is InChI=1S/C13H19N3O2/c1-9(8-17)3-2-6-15-13-16-11-5-4-10(14)7-12(11)18-13/h4-5,7,9,17H,2-3,6,8,14H2,1H3,(H,15,16). The van der Waals surface area contributed by atoms with Crippen LogP contribution in [0.1, 0.15) is 19.8 Å². The van der Waals surface area contributed by atoms with Crippen molar-refractivity contribution in [2.75, 3.05) is 24.2 Å². The molecule has 0 aliphatic carbocycles. The summed E-state index contributed by atoms with van der Waals surface area (Å²) in [5.41, 5.74) is 7.84. The summed E-state index contributed by atoms with van der Waals surface area (Å²) in [5, 5.41) is 12.0. The smallest absolute Gasteiger partial charge is 0.295 e. The van der Waals surface area contributed by atoms with Crippen molar-refractivity contribution in [1.82, 2.24) is 4.98 Å². The van der Waals surface area contributed by atoms with E-state index in [2.05, 4.69) is 10.3 Å². The van der Waals surface area contributed by atoms with Gasteiger partial charge in [-0.1, -0.05) is 6.92 Å². The number of rotatable bonds is 6. The topological polar surface area (TPSA) is 84.3 Å². The SMILES string of the molecule is CC(CO)CCCNc1nc2ccc(N)cc2o1. The van der Waals surface area contributed by atoms with Gasteiger partial charge in [0.25, 0.3) is 6.01 Å². The minimum atomic E-state index is 0.238. The number of aliphatic hydroxyl groups excluding tert-OH is 1. The van der Waals surface area contributed by atoms with Crippen molar-refractivity contribution in [3.63, 3.8) is 0 Å². The van der Waals surface area contributed by atoms with Gasteiger partial charge in [-0.05, 0) is 30.9 Å². The van der Waals surface area contributed by atoms with Crippen molar-refractivity contribution >= 4 is 22.8 Å². The average molecular weight is 249 g/mol. The fraction of sp³-hybridized carbons (Fsp3) is 0.462. The third kappa shape index (κ3) is 3.13. The molecule has 2 rings (SSSR count). The molecule has 5 heteroatoms. The molecule has 0 spiro atoms. The zero-order valence-electron chi connectivity index (χ0n) is 10.5. The van der Waals surface area contributed by atoms with Crippen LogP contribution in [0.3, 0.4) is 0 Å². The molecule has 1 atom stereocenters. The van der Waals surface area contributed by atoms with Gasteiger partial charge in [-0.3, -0.25) is 0 Å². The molecule has 0 aliphatic rings. The van der Waals surface area contributed by atoms with Gasteiger partial charge in [0.2, 0.25) is 0 Å². The molecule has 1 unspecified atom stereocenters. The fourth-order valence-electron chi connectivity index (χ4n) is 1.75. The van der Waals surface area contributed by atoms with Gasteiger partial charge < -0.3 is 20.6 Å². The van der Waals surface area contributed by atoms with Crippen LogP contribution in [-0.2, 0) is 0 Å². The third-order valence-electron chi connectivity index (χ3n) is 2.87. The lowest BCUT2D eigenvalue weighted by atomic mass is 10.1. The fourth-order valence-corrected chi connectivity index (χ4v) is 1.75. The zero-order valence-corrected chi connectivity index (χ0v) is 10.5. The van der Waals surface area contributed by atoms with Crippen molar-refractivity contribution in [3.8, 4) is 0 Å². The maximum atomic E-state index is 8.91. The molecular weight excluding hydrogens is 230 g/mol. The van der Waals surface area contributed by atoms with Crippen LogP contribution in [0.2, 0.25) is 0 Å². The maximum Gasteiger partial charge on any atom is 0.295 e. The van der Waals surface area contributed by atoms with Crippen LogP contribution >= 0.6 is 0 Å². The van der Waals surface area contributed by atoms with Gasteiger partial charge in [0.15, 0.2) is 5.58 Å². The average Bonchev–Trinajstić information content (AvgIpc) is 2.76. The number of nitrogens with zero attached hydrogens (tertiary/aromatic N) is 1. The summed E-state index contributed by atoms with van der Waals surface area (Å²) >= 11 is 0. The van der Waals surface area contributed by atoms with Crippen LogP contribution in [0.15, 0.2) is 22.6 Å². The Bertz CT molecular complexity index is 510. The molecule has 1 heterocycles. The minimum Gasteiger partial charge on any atom is -0.423 e. The summed E-state index contributed by atoms with van der Waals surface area (Å²) in [4.78, 5) is 4.31. The first kappa shape index (κ1) is 12.7. The number of aromatic nitrogens is 1. The highest BCUT2D eigenvalue weighted by Gasteiger charge is 2.05. The number of hydrogen-bond acceptors (Lipinski definition) is 5.